The number of carbonyl (C=O) groups excluding carboxylic acids is 1. The number of hydrogen-bond donors (Lipinski definition) is 1. The van der Waals surface area contributed by atoms with Gasteiger partial charge in [0, 0.05) is 49.6 Å². The molecular formula is C23H22N6O2S. The molecule has 0 aromatic carbocycles. The summed E-state index contributed by atoms with van der Waals surface area (Å²) in [4.78, 5) is 25.8. The fraction of sp³-hybridized carbons (Fsp3) is 0.304. The van der Waals surface area contributed by atoms with Crippen LogP contribution in [0.25, 0.3) is 27.5 Å². The van der Waals surface area contributed by atoms with Crippen LogP contribution in [0.15, 0.2) is 54.3 Å². The molecule has 2 bridgehead atoms. The maximum atomic E-state index is 13.4. The molecule has 2 fully saturated rings. The van der Waals surface area contributed by atoms with Gasteiger partial charge in [0.05, 0.1) is 41.2 Å². The smallest absolute Gasteiger partial charge is 0.254 e. The van der Waals surface area contributed by atoms with Crippen LogP contribution in [-0.4, -0.2) is 69.3 Å². The summed E-state index contributed by atoms with van der Waals surface area (Å²) in [7, 11) is 0. The highest BCUT2D eigenvalue weighted by molar-refractivity contribution is 7.13. The Labute approximate surface area is 188 Å². The van der Waals surface area contributed by atoms with Gasteiger partial charge in [0.2, 0.25) is 0 Å². The molecule has 6 heterocycles. The number of ether oxygens (including phenoxy) is 1. The molecule has 0 radical (unpaired) electrons. The number of hydrogen-bond acceptors (Lipinski definition) is 7. The summed E-state index contributed by atoms with van der Waals surface area (Å²) >= 11 is 1.65. The molecule has 0 aliphatic carbocycles. The van der Waals surface area contributed by atoms with Crippen molar-refractivity contribution in [3.63, 3.8) is 0 Å². The van der Waals surface area contributed by atoms with E-state index in [4.69, 9.17) is 9.72 Å². The Balaban J connectivity index is 1.33. The Bertz CT molecular complexity index is 1260. The van der Waals surface area contributed by atoms with Crippen molar-refractivity contribution in [3.05, 3.63) is 59.9 Å². The van der Waals surface area contributed by atoms with Crippen LogP contribution in [0.1, 0.15) is 10.4 Å². The van der Waals surface area contributed by atoms with E-state index in [1.54, 1.807) is 34.3 Å². The largest absolute Gasteiger partial charge is 0.379 e. The Morgan fingerprint density at radius 1 is 1.19 bits per heavy atom. The minimum absolute atomic E-state index is 0.0259. The van der Waals surface area contributed by atoms with Gasteiger partial charge in [-0.3, -0.25) is 9.78 Å². The van der Waals surface area contributed by atoms with E-state index in [9.17, 15) is 4.79 Å². The quantitative estimate of drug-likeness (QED) is 0.521. The van der Waals surface area contributed by atoms with Gasteiger partial charge in [-0.2, -0.15) is 5.10 Å². The van der Waals surface area contributed by atoms with E-state index in [1.165, 1.54) is 0 Å². The van der Waals surface area contributed by atoms with Crippen molar-refractivity contribution in [2.75, 3.05) is 32.8 Å². The maximum Gasteiger partial charge on any atom is 0.254 e. The highest BCUT2D eigenvalue weighted by Gasteiger charge is 2.30. The van der Waals surface area contributed by atoms with Gasteiger partial charge in [0.15, 0.2) is 5.65 Å². The maximum absolute atomic E-state index is 13.4. The van der Waals surface area contributed by atoms with Gasteiger partial charge in [-0.15, -0.1) is 11.3 Å². The van der Waals surface area contributed by atoms with Crippen molar-refractivity contribution in [1.29, 1.82) is 0 Å². The lowest BCUT2D eigenvalue weighted by Crippen LogP contribution is -2.44. The number of nitrogens with zero attached hydrogens (tertiary/aromatic N) is 5. The van der Waals surface area contributed by atoms with Crippen LogP contribution in [0.4, 0.5) is 0 Å². The zero-order valence-corrected chi connectivity index (χ0v) is 18.2. The molecule has 2 atom stereocenters. The lowest BCUT2D eigenvalue weighted by atomic mass is 10.1. The lowest BCUT2D eigenvalue weighted by molar-refractivity contribution is 0.0488. The van der Waals surface area contributed by atoms with Gasteiger partial charge in [0.1, 0.15) is 0 Å². The van der Waals surface area contributed by atoms with Crippen molar-refractivity contribution in [2.45, 2.75) is 6.04 Å². The number of amides is 1. The minimum atomic E-state index is 0.0259. The highest BCUT2D eigenvalue weighted by Crippen LogP contribution is 2.27. The van der Waals surface area contributed by atoms with Gasteiger partial charge in [-0.1, -0.05) is 6.07 Å². The summed E-state index contributed by atoms with van der Waals surface area (Å²) in [5.41, 5.74) is 3.75. The molecule has 6 rings (SSSR count). The van der Waals surface area contributed by atoms with Crippen LogP contribution in [0, 0.1) is 5.92 Å². The van der Waals surface area contributed by atoms with E-state index < -0.39 is 0 Å². The van der Waals surface area contributed by atoms with Crippen molar-refractivity contribution in [1.82, 2.24) is 29.8 Å². The normalized spacial score (nSPS) is 20.9. The zero-order valence-electron chi connectivity index (χ0n) is 17.3. The summed E-state index contributed by atoms with van der Waals surface area (Å²) in [6.45, 7) is 3.56. The zero-order chi connectivity index (χ0) is 21.5. The average molecular weight is 447 g/mol. The Morgan fingerprint density at radius 3 is 3.06 bits per heavy atom. The molecule has 32 heavy (non-hydrogen) atoms. The monoisotopic (exact) mass is 446 g/mol. The molecule has 4 aromatic rings. The molecule has 2 aliphatic heterocycles. The summed E-state index contributed by atoms with van der Waals surface area (Å²) in [6, 6.07) is 9.83. The third kappa shape index (κ3) is 3.58. The molecular weight excluding hydrogens is 424 g/mol. The summed E-state index contributed by atoms with van der Waals surface area (Å²) in [5, 5.41) is 9.97. The molecule has 2 aliphatic rings. The number of nitrogens with one attached hydrogen (secondary N) is 1. The van der Waals surface area contributed by atoms with Gasteiger partial charge in [0.25, 0.3) is 5.91 Å². The number of fused-ring (bicyclic) bond motifs is 4. The second-order valence-electron chi connectivity index (χ2n) is 8.27. The first kappa shape index (κ1) is 19.5. The fourth-order valence-corrected chi connectivity index (χ4v) is 5.08. The molecule has 9 heteroatoms. The van der Waals surface area contributed by atoms with E-state index in [2.05, 4.69) is 15.4 Å². The highest BCUT2D eigenvalue weighted by atomic mass is 32.1. The van der Waals surface area contributed by atoms with Crippen molar-refractivity contribution < 1.29 is 9.53 Å². The third-order valence-corrected chi connectivity index (χ3v) is 6.89. The summed E-state index contributed by atoms with van der Waals surface area (Å²) < 4.78 is 7.46. The lowest BCUT2D eigenvalue weighted by Gasteiger charge is -2.28. The van der Waals surface area contributed by atoms with E-state index in [0.29, 0.717) is 43.5 Å². The fourth-order valence-electron chi connectivity index (χ4n) is 4.39. The van der Waals surface area contributed by atoms with Crippen molar-refractivity contribution >= 4 is 22.9 Å². The van der Waals surface area contributed by atoms with Crippen LogP contribution in [0.2, 0.25) is 0 Å². The Morgan fingerprint density at radius 2 is 2.16 bits per heavy atom. The Kier molecular flexibility index (Phi) is 4.94. The first-order chi connectivity index (χ1) is 15.7. The molecule has 0 spiro atoms. The molecule has 1 amide bonds. The molecule has 4 aromatic heterocycles. The standard InChI is InChI=1S/C23H22N6O2S/c30-23(28-11-15-9-25-17(12-28)14-31-13-15)16-3-5-24-20(8-16)18-10-26-29-6-4-19(27-22(18)29)21-2-1-7-32-21/h1-8,10,15,17,25H,9,11-14H2. The first-order valence-corrected chi connectivity index (χ1v) is 11.6. The molecule has 2 unspecified atom stereocenters. The van der Waals surface area contributed by atoms with Gasteiger partial charge < -0.3 is 15.0 Å². The van der Waals surface area contributed by atoms with Gasteiger partial charge in [-0.05, 0) is 29.6 Å². The topological polar surface area (TPSA) is 84.7 Å². The molecule has 0 saturated carbocycles. The molecule has 162 valence electrons. The van der Waals surface area contributed by atoms with Crippen LogP contribution in [0.5, 0.6) is 0 Å². The van der Waals surface area contributed by atoms with Crippen molar-refractivity contribution in [2.24, 2.45) is 5.92 Å². The van der Waals surface area contributed by atoms with Crippen LogP contribution >= 0.6 is 11.3 Å². The predicted octanol–water partition coefficient (Wildman–Crippen LogP) is 2.58. The van der Waals surface area contributed by atoms with Crippen molar-refractivity contribution in [3.8, 4) is 21.8 Å². The van der Waals surface area contributed by atoms with Gasteiger partial charge >= 0.3 is 0 Å². The summed E-state index contributed by atoms with van der Waals surface area (Å²) in [6.07, 6.45) is 5.35. The number of pyridine rings is 1. The minimum Gasteiger partial charge on any atom is -0.379 e. The van der Waals surface area contributed by atoms with E-state index in [-0.39, 0.29) is 11.9 Å². The SMILES string of the molecule is O=C(c1ccnc(-c2cnn3ccc(-c4cccs4)nc23)c1)N1CC2CNC(COC2)C1. The number of rotatable bonds is 3. The van der Waals surface area contributed by atoms with E-state index in [0.717, 1.165) is 28.3 Å². The van der Waals surface area contributed by atoms with Crippen LogP contribution in [-0.2, 0) is 4.74 Å². The Hall–Kier alpha value is -3.14. The van der Waals surface area contributed by atoms with Crippen LogP contribution < -0.4 is 5.32 Å². The predicted molar refractivity (Wildman–Crippen MR) is 122 cm³/mol. The third-order valence-electron chi connectivity index (χ3n) is 6.00. The number of thiophene rings is 1. The second kappa shape index (κ2) is 8.09. The summed E-state index contributed by atoms with van der Waals surface area (Å²) in [5.74, 6) is 0.338. The average Bonchev–Trinajstić information content (AvgIpc) is 3.39. The first-order valence-electron chi connectivity index (χ1n) is 10.7. The van der Waals surface area contributed by atoms with Gasteiger partial charge in [-0.25, -0.2) is 9.50 Å². The molecule has 8 nitrogen and oxygen atoms in total. The van der Waals surface area contributed by atoms with E-state index in [1.807, 2.05) is 40.7 Å². The van der Waals surface area contributed by atoms with E-state index >= 15 is 0 Å². The van der Waals surface area contributed by atoms with Crippen LogP contribution in [0.3, 0.4) is 0 Å². The second-order valence-corrected chi connectivity index (χ2v) is 9.21. The number of carbonyl (C=O) groups is 1. The molecule has 1 N–H and O–H groups in total. The number of aromatic nitrogens is 4. The molecule has 2 saturated heterocycles.